The number of benzene rings is 1. The van der Waals surface area contributed by atoms with Crippen LogP contribution in [0.4, 0.5) is 0 Å². The fraction of sp³-hybridized carbons (Fsp3) is 0.538. The quantitative estimate of drug-likeness (QED) is 0.754. The molecule has 0 aliphatic rings. The number of ether oxygens (including phenoxy) is 2. The van der Waals surface area contributed by atoms with Crippen LogP contribution in [0.3, 0.4) is 0 Å². The summed E-state index contributed by atoms with van der Waals surface area (Å²) >= 11 is 0. The summed E-state index contributed by atoms with van der Waals surface area (Å²) in [5.74, 6) is 0.618. The van der Waals surface area contributed by atoms with Gasteiger partial charge in [0.2, 0.25) is 10.0 Å². The maximum absolute atomic E-state index is 12.5. The maximum Gasteiger partial charge on any atom is 0.243 e. The van der Waals surface area contributed by atoms with Crippen LogP contribution in [0.5, 0.6) is 5.75 Å². The average Bonchev–Trinajstić information content (AvgIpc) is 2.44. The van der Waals surface area contributed by atoms with Crippen molar-refractivity contribution in [3.63, 3.8) is 0 Å². The van der Waals surface area contributed by atoms with Crippen LogP contribution in [-0.2, 0) is 21.2 Å². The third-order valence-corrected chi connectivity index (χ3v) is 4.94. The molecular formula is C13H22N2O4S. The number of hydrogen-bond acceptors (Lipinski definition) is 5. The van der Waals surface area contributed by atoms with Crippen molar-refractivity contribution in [2.45, 2.75) is 11.3 Å². The van der Waals surface area contributed by atoms with Gasteiger partial charge in [0, 0.05) is 20.7 Å². The van der Waals surface area contributed by atoms with Gasteiger partial charge in [-0.25, -0.2) is 8.42 Å². The van der Waals surface area contributed by atoms with Crippen molar-refractivity contribution in [1.29, 1.82) is 0 Å². The molecule has 0 amide bonds. The van der Waals surface area contributed by atoms with Crippen molar-refractivity contribution in [3.05, 3.63) is 23.8 Å². The molecule has 0 heterocycles. The van der Waals surface area contributed by atoms with Crippen molar-refractivity contribution in [2.24, 2.45) is 5.73 Å². The van der Waals surface area contributed by atoms with Crippen LogP contribution in [0.2, 0.25) is 0 Å². The van der Waals surface area contributed by atoms with E-state index in [1.165, 1.54) is 18.5 Å². The third-order valence-electron chi connectivity index (χ3n) is 2.98. The molecule has 7 heteroatoms. The van der Waals surface area contributed by atoms with Gasteiger partial charge in [0.05, 0.1) is 18.6 Å². The van der Waals surface area contributed by atoms with Crippen molar-refractivity contribution in [3.8, 4) is 5.75 Å². The summed E-state index contributed by atoms with van der Waals surface area (Å²) in [7, 11) is 1.06. The van der Waals surface area contributed by atoms with Crippen LogP contribution < -0.4 is 10.5 Å². The Bertz CT molecular complexity index is 531. The van der Waals surface area contributed by atoms with Gasteiger partial charge < -0.3 is 15.2 Å². The molecular weight excluding hydrogens is 280 g/mol. The van der Waals surface area contributed by atoms with Crippen LogP contribution >= 0.6 is 0 Å². The Hall–Kier alpha value is -1.15. The van der Waals surface area contributed by atoms with Gasteiger partial charge in [0.15, 0.2) is 0 Å². The van der Waals surface area contributed by atoms with Crippen LogP contribution in [0.15, 0.2) is 23.1 Å². The van der Waals surface area contributed by atoms with Gasteiger partial charge in [-0.2, -0.15) is 4.31 Å². The molecule has 0 saturated heterocycles. The zero-order valence-electron chi connectivity index (χ0n) is 12.1. The highest BCUT2D eigenvalue weighted by Gasteiger charge is 2.23. The van der Waals surface area contributed by atoms with Crippen molar-refractivity contribution < 1.29 is 17.9 Å². The molecule has 0 aliphatic heterocycles. The molecule has 0 radical (unpaired) electrons. The van der Waals surface area contributed by atoms with E-state index in [0.29, 0.717) is 37.4 Å². The first-order valence-electron chi connectivity index (χ1n) is 6.29. The van der Waals surface area contributed by atoms with Gasteiger partial charge in [0.25, 0.3) is 0 Å². The largest absolute Gasteiger partial charge is 0.497 e. The summed E-state index contributed by atoms with van der Waals surface area (Å²) in [6.07, 6.45) is 0.476. The molecule has 20 heavy (non-hydrogen) atoms. The second kappa shape index (κ2) is 7.58. The van der Waals surface area contributed by atoms with E-state index >= 15 is 0 Å². The molecule has 114 valence electrons. The average molecular weight is 302 g/mol. The maximum atomic E-state index is 12.5. The van der Waals surface area contributed by atoms with Crippen molar-refractivity contribution >= 4 is 10.0 Å². The first-order chi connectivity index (χ1) is 9.47. The Morgan fingerprint density at radius 2 is 2.00 bits per heavy atom. The Morgan fingerprint density at radius 1 is 1.30 bits per heavy atom. The molecule has 1 aromatic rings. The summed E-state index contributed by atoms with van der Waals surface area (Å²) in [5.41, 5.74) is 6.21. The number of hydrogen-bond donors (Lipinski definition) is 1. The number of methoxy groups -OCH3 is 2. The van der Waals surface area contributed by atoms with Gasteiger partial charge in [-0.15, -0.1) is 0 Å². The van der Waals surface area contributed by atoms with Gasteiger partial charge >= 0.3 is 0 Å². The van der Waals surface area contributed by atoms with E-state index in [1.54, 1.807) is 25.3 Å². The van der Waals surface area contributed by atoms with Crippen LogP contribution in [0.25, 0.3) is 0 Å². The summed E-state index contributed by atoms with van der Waals surface area (Å²) in [5, 5.41) is 0. The number of likely N-dealkylation sites (N-methyl/N-ethyl adjacent to an activating group) is 1. The second-order valence-corrected chi connectivity index (χ2v) is 6.35. The summed E-state index contributed by atoms with van der Waals surface area (Å²) in [4.78, 5) is 0.266. The minimum absolute atomic E-state index is 0.266. The second-order valence-electron chi connectivity index (χ2n) is 4.33. The molecule has 0 atom stereocenters. The Labute approximate surface area is 120 Å². The first-order valence-corrected chi connectivity index (χ1v) is 7.73. The smallest absolute Gasteiger partial charge is 0.243 e. The predicted octanol–water partition coefficient (Wildman–Crippen LogP) is 0.463. The van der Waals surface area contributed by atoms with Gasteiger partial charge in [-0.05, 0) is 36.7 Å². The predicted molar refractivity (Wildman–Crippen MR) is 77.4 cm³/mol. The lowest BCUT2D eigenvalue weighted by molar-refractivity contribution is 0.185. The summed E-state index contributed by atoms with van der Waals surface area (Å²) in [6, 6.07) is 4.91. The highest BCUT2D eigenvalue weighted by atomic mass is 32.2. The summed E-state index contributed by atoms with van der Waals surface area (Å²) < 4.78 is 36.4. The van der Waals surface area contributed by atoms with Gasteiger partial charge in [-0.1, -0.05) is 0 Å². The topological polar surface area (TPSA) is 81.9 Å². The van der Waals surface area contributed by atoms with Gasteiger partial charge in [-0.3, -0.25) is 0 Å². The number of nitrogens with zero attached hydrogens (tertiary/aromatic N) is 1. The van der Waals surface area contributed by atoms with E-state index in [1.807, 2.05) is 0 Å². The van der Waals surface area contributed by atoms with E-state index in [9.17, 15) is 8.42 Å². The molecule has 0 unspecified atom stereocenters. The Kier molecular flexibility index (Phi) is 6.41. The van der Waals surface area contributed by atoms with E-state index in [4.69, 9.17) is 15.2 Å². The number of rotatable bonds is 8. The Morgan fingerprint density at radius 3 is 2.55 bits per heavy atom. The molecule has 0 aliphatic carbocycles. The van der Waals surface area contributed by atoms with Crippen molar-refractivity contribution in [1.82, 2.24) is 4.31 Å². The Balaban J connectivity index is 3.16. The highest BCUT2D eigenvalue weighted by Crippen LogP contribution is 2.24. The van der Waals surface area contributed by atoms with E-state index in [2.05, 4.69) is 0 Å². The molecule has 0 spiro atoms. The van der Waals surface area contributed by atoms with Crippen molar-refractivity contribution in [2.75, 3.05) is 41.0 Å². The normalized spacial score (nSPS) is 11.8. The minimum Gasteiger partial charge on any atom is -0.497 e. The molecule has 0 fully saturated rings. The van der Waals surface area contributed by atoms with Gasteiger partial charge in [0.1, 0.15) is 5.75 Å². The zero-order chi connectivity index (χ0) is 15.2. The molecule has 0 aromatic heterocycles. The van der Waals surface area contributed by atoms with E-state index in [-0.39, 0.29) is 4.90 Å². The summed E-state index contributed by atoms with van der Waals surface area (Å²) in [6.45, 7) is 1.02. The molecule has 6 nitrogen and oxygen atoms in total. The lowest BCUT2D eigenvalue weighted by atomic mass is 10.1. The van der Waals surface area contributed by atoms with Crippen LogP contribution in [0, 0.1) is 0 Å². The standard InChI is InChI=1S/C13H22N2O4S/c1-15(8-9-18-2)20(16,17)13-5-4-12(19-3)10-11(13)6-7-14/h4-5,10H,6-9,14H2,1-3H3. The first kappa shape index (κ1) is 16.9. The third kappa shape index (κ3) is 3.92. The highest BCUT2D eigenvalue weighted by molar-refractivity contribution is 7.89. The van der Waals surface area contributed by atoms with Crippen LogP contribution in [0.1, 0.15) is 5.56 Å². The number of sulfonamides is 1. The monoisotopic (exact) mass is 302 g/mol. The zero-order valence-corrected chi connectivity index (χ0v) is 12.9. The molecule has 1 rings (SSSR count). The SMILES string of the molecule is COCCN(C)S(=O)(=O)c1ccc(OC)cc1CCN. The fourth-order valence-electron chi connectivity index (χ4n) is 1.79. The molecule has 2 N–H and O–H groups in total. The van der Waals surface area contributed by atoms with E-state index in [0.717, 1.165) is 0 Å². The molecule has 0 saturated carbocycles. The minimum atomic E-state index is -3.55. The lowest BCUT2D eigenvalue weighted by Gasteiger charge is -2.19. The molecule has 0 bridgehead atoms. The lowest BCUT2D eigenvalue weighted by Crippen LogP contribution is -2.31. The van der Waals surface area contributed by atoms with Crippen LogP contribution in [-0.4, -0.2) is 53.7 Å². The molecule has 1 aromatic carbocycles. The van der Waals surface area contributed by atoms with E-state index < -0.39 is 10.0 Å². The number of nitrogens with two attached hydrogens (primary N) is 1. The fourth-order valence-corrected chi connectivity index (χ4v) is 3.18.